The molecular weight excluding hydrogens is 98.1 g/mol. The van der Waals surface area contributed by atoms with E-state index in [1.54, 1.807) is 0 Å². The molecular formula is C7H15N. The van der Waals surface area contributed by atoms with E-state index in [0.717, 1.165) is 12.2 Å². The second kappa shape index (κ2) is 4.69. The molecule has 0 bridgehead atoms. The Balaban J connectivity index is 2.82. The number of hydrogen-bond donors (Lipinski definition) is 1. The van der Waals surface area contributed by atoms with E-state index in [1.165, 1.54) is 12.8 Å². The Kier molecular flexibility index (Phi) is 4.42. The summed E-state index contributed by atoms with van der Waals surface area (Å²) in [6, 6.07) is 0. The third kappa shape index (κ3) is 5.54. The second-order valence-electron chi connectivity index (χ2n) is 2.06. The molecule has 0 aromatic rings. The molecule has 0 aliphatic heterocycles. The van der Waals surface area contributed by atoms with Crippen molar-refractivity contribution < 1.29 is 0 Å². The predicted octanol–water partition coefficient (Wildman–Crippen LogP) is 1.91. The summed E-state index contributed by atoms with van der Waals surface area (Å²) >= 11 is 0. The highest BCUT2D eigenvalue weighted by molar-refractivity contribution is 4.83. The fraction of sp³-hybridized carbons (Fsp3) is 0.714. The molecule has 0 amide bonds. The van der Waals surface area contributed by atoms with E-state index in [-0.39, 0.29) is 0 Å². The van der Waals surface area contributed by atoms with Gasteiger partial charge in [0.15, 0.2) is 0 Å². The Morgan fingerprint density at radius 3 is 2.62 bits per heavy atom. The molecule has 1 heteroatoms. The lowest BCUT2D eigenvalue weighted by molar-refractivity contribution is 0.712. The normalized spacial score (nSPS) is 8.75. The molecule has 0 aliphatic rings. The van der Waals surface area contributed by atoms with Crippen LogP contribution < -0.4 is 5.32 Å². The predicted molar refractivity (Wildman–Crippen MR) is 37.7 cm³/mol. The van der Waals surface area contributed by atoms with E-state index in [4.69, 9.17) is 0 Å². The molecule has 0 radical (unpaired) electrons. The summed E-state index contributed by atoms with van der Waals surface area (Å²) in [4.78, 5) is 0. The van der Waals surface area contributed by atoms with Crippen molar-refractivity contribution in [3.63, 3.8) is 0 Å². The highest BCUT2D eigenvalue weighted by Gasteiger charge is 1.80. The van der Waals surface area contributed by atoms with Crippen molar-refractivity contribution >= 4 is 0 Å². The van der Waals surface area contributed by atoms with Gasteiger partial charge in [0.1, 0.15) is 0 Å². The van der Waals surface area contributed by atoms with E-state index in [9.17, 15) is 0 Å². The molecule has 1 nitrogen and oxygen atoms in total. The lowest BCUT2D eigenvalue weighted by Crippen LogP contribution is -2.10. The van der Waals surface area contributed by atoms with Crippen LogP contribution in [0, 0.1) is 0 Å². The van der Waals surface area contributed by atoms with Crippen LogP contribution in [0.3, 0.4) is 0 Å². The molecule has 0 saturated carbocycles. The number of nitrogens with one attached hydrogen (secondary N) is 1. The monoisotopic (exact) mass is 113 g/mol. The van der Waals surface area contributed by atoms with Gasteiger partial charge in [-0.1, -0.05) is 19.9 Å². The van der Waals surface area contributed by atoms with Gasteiger partial charge in [-0.3, -0.25) is 0 Å². The molecule has 0 rings (SSSR count). The Morgan fingerprint density at radius 1 is 1.62 bits per heavy atom. The summed E-state index contributed by atoms with van der Waals surface area (Å²) in [6.07, 6.45) is 2.49. The zero-order chi connectivity index (χ0) is 6.41. The minimum absolute atomic E-state index is 1.07. The number of rotatable bonds is 4. The van der Waals surface area contributed by atoms with Crippen molar-refractivity contribution in [3.05, 3.63) is 12.3 Å². The Labute approximate surface area is 51.8 Å². The van der Waals surface area contributed by atoms with Crippen molar-refractivity contribution in [1.29, 1.82) is 0 Å². The van der Waals surface area contributed by atoms with E-state index in [1.807, 2.05) is 6.92 Å². The molecule has 0 aliphatic carbocycles. The maximum absolute atomic E-state index is 3.72. The van der Waals surface area contributed by atoms with Crippen molar-refractivity contribution in [2.75, 3.05) is 6.54 Å². The van der Waals surface area contributed by atoms with Crippen LogP contribution in [0.5, 0.6) is 0 Å². The van der Waals surface area contributed by atoms with Crippen LogP contribution in [0.1, 0.15) is 26.7 Å². The largest absolute Gasteiger partial charge is 0.389 e. The van der Waals surface area contributed by atoms with E-state index < -0.39 is 0 Å². The minimum Gasteiger partial charge on any atom is -0.389 e. The summed E-state index contributed by atoms with van der Waals surface area (Å²) in [7, 11) is 0. The average Bonchev–Trinajstić information content (AvgIpc) is 1.66. The second-order valence-corrected chi connectivity index (χ2v) is 2.06. The van der Waals surface area contributed by atoms with Crippen LogP contribution in [0.25, 0.3) is 0 Å². The van der Waals surface area contributed by atoms with Crippen LogP contribution in [0.4, 0.5) is 0 Å². The van der Waals surface area contributed by atoms with Crippen molar-refractivity contribution in [2.24, 2.45) is 0 Å². The zero-order valence-corrected chi connectivity index (χ0v) is 5.83. The van der Waals surface area contributed by atoms with Gasteiger partial charge < -0.3 is 5.32 Å². The third-order valence-electron chi connectivity index (χ3n) is 0.957. The molecule has 0 spiro atoms. The van der Waals surface area contributed by atoms with Crippen molar-refractivity contribution in [2.45, 2.75) is 26.7 Å². The summed E-state index contributed by atoms with van der Waals surface area (Å²) in [5, 5.41) is 3.15. The highest BCUT2D eigenvalue weighted by Crippen LogP contribution is 1.84. The van der Waals surface area contributed by atoms with Gasteiger partial charge in [-0.25, -0.2) is 0 Å². The minimum atomic E-state index is 1.07. The lowest BCUT2D eigenvalue weighted by atomic mass is 10.3. The van der Waals surface area contributed by atoms with Gasteiger partial charge in [0.2, 0.25) is 0 Å². The molecule has 48 valence electrons. The van der Waals surface area contributed by atoms with Gasteiger partial charge >= 0.3 is 0 Å². The Bertz CT molecular complexity index is 66.8. The number of unbranched alkanes of at least 4 members (excludes halogenated alkanes) is 1. The molecule has 8 heavy (non-hydrogen) atoms. The molecule has 0 atom stereocenters. The van der Waals surface area contributed by atoms with Crippen LogP contribution in [-0.2, 0) is 0 Å². The maximum Gasteiger partial charge on any atom is 0.0143 e. The molecule has 0 aromatic heterocycles. The van der Waals surface area contributed by atoms with Gasteiger partial charge in [0, 0.05) is 12.2 Å². The fourth-order valence-electron chi connectivity index (χ4n) is 0.479. The van der Waals surface area contributed by atoms with Crippen LogP contribution in [0.15, 0.2) is 12.3 Å². The Hall–Kier alpha value is -0.460. The fourth-order valence-corrected chi connectivity index (χ4v) is 0.479. The Morgan fingerprint density at radius 2 is 2.25 bits per heavy atom. The van der Waals surface area contributed by atoms with Crippen molar-refractivity contribution in [1.82, 2.24) is 5.32 Å². The average molecular weight is 113 g/mol. The highest BCUT2D eigenvalue weighted by atomic mass is 14.9. The zero-order valence-electron chi connectivity index (χ0n) is 5.83. The van der Waals surface area contributed by atoms with Gasteiger partial charge in [0.05, 0.1) is 0 Å². The number of allylic oxidation sites excluding steroid dienone is 1. The first-order chi connectivity index (χ1) is 3.77. The molecule has 0 aromatic carbocycles. The van der Waals surface area contributed by atoms with Crippen molar-refractivity contribution in [3.8, 4) is 0 Å². The summed E-state index contributed by atoms with van der Waals surface area (Å²) < 4.78 is 0. The first-order valence-electron chi connectivity index (χ1n) is 3.16. The standard InChI is InChI=1S/C7H15N/c1-4-5-6-8-7(2)3/h8H,2,4-6H2,1,3H3. The van der Waals surface area contributed by atoms with E-state index in [2.05, 4.69) is 18.8 Å². The molecule has 0 heterocycles. The lowest BCUT2D eigenvalue weighted by Gasteiger charge is -2.00. The third-order valence-corrected chi connectivity index (χ3v) is 0.957. The topological polar surface area (TPSA) is 12.0 Å². The van der Waals surface area contributed by atoms with Crippen LogP contribution in [0.2, 0.25) is 0 Å². The maximum atomic E-state index is 3.72. The van der Waals surface area contributed by atoms with E-state index in [0.29, 0.717) is 0 Å². The van der Waals surface area contributed by atoms with Crippen LogP contribution >= 0.6 is 0 Å². The van der Waals surface area contributed by atoms with Gasteiger partial charge in [-0.05, 0) is 13.3 Å². The smallest absolute Gasteiger partial charge is 0.0143 e. The van der Waals surface area contributed by atoms with Gasteiger partial charge in [-0.15, -0.1) is 0 Å². The summed E-state index contributed by atoms with van der Waals surface area (Å²) in [5.74, 6) is 0. The molecule has 0 fully saturated rings. The first-order valence-corrected chi connectivity index (χ1v) is 3.16. The first kappa shape index (κ1) is 7.54. The van der Waals surface area contributed by atoms with Crippen LogP contribution in [-0.4, -0.2) is 6.54 Å². The summed E-state index contributed by atoms with van der Waals surface area (Å²) in [5.41, 5.74) is 1.07. The quantitative estimate of drug-likeness (QED) is 0.549. The van der Waals surface area contributed by atoms with Gasteiger partial charge in [0.25, 0.3) is 0 Å². The summed E-state index contributed by atoms with van der Waals surface area (Å²) in [6.45, 7) is 8.95. The molecule has 0 saturated heterocycles. The molecule has 0 unspecified atom stereocenters. The SMILES string of the molecule is C=C(C)NCCCC. The van der Waals surface area contributed by atoms with E-state index >= 15 is 0 Å². The number of hydrogen-bond acceptors (Lipinski definition) is 1. The van der Waals surface area contributed by atoms with Gasteiger partial charge in [-0.2, -0.15) is 0 Å². The molecule has 1 N–H and O–H groups in total.